The van der Waals surface area contributed by atoms with Gasteiger partial charge in [0.2, 0.25) is 5.91 Å². The minimum atomic E-state index is -4.48. The van der Waals surface area contributed by atoms with E-state index in [1.807, 2.05) is 0 Å². The van der Waals surface area contributed by atoms with Gasteiger partial charge in [-0.1, -0.05) is 24.3 Å². The molecule has 4 rings (SSSR count). The van der Waals surface area contributed by atoms with Gasteiger partial charge in [-0.05, 0) is 48.2 Å². The van der Waals surface area contributed by atoms with Crippen LogP contribution in [0.1, 0.15) is 52.7 Å². The van der Waals surface area contributed by atoms with Crippen LogP contribution in [0.4, 0.5) is 22.0 Å². The zero-order valence-corrected chi connectivity index (χ0v) is 18.0. The fourth-order valence-corrected chi connectivity index (χ4v) is 4.32. The molecule has 1 heterocycles. The van der Waals surface area contributed by atoms with E-state index in [2.05, 4.69) is 5.32 Å². The van der Waals surface area contributed by atoms with Crippen LogP contribution in [0, 0.1) is 0 Å². The zero-order chi connectivity index (χ0) is 24.7. The maximum absolute atomic E-state index is 14.2. The largest absolute Gasteiger partial charge is 0.478 e. The Balaban J connectivity index is 1.50. The molecule has 1 aliphatic carbocycles. The molecule has 0 unspecified atom stereocenters. The highest BCUT2D eigenvalue weighted by molar-refractivity contribution is 5.87. The molecule has 182 valence electrons. The first-order valence-electron chi connectivity index (χ1n) is 10.8. The molecule has 2 aromatic rings. The van der Waals surface area contributed by atoms with E-state index in [0.717, 1.165) is 12.1 Å². The molecule has 2 aliphatic rings. The molecular formula is C24H23F5N2O3. The number of hydrogen-bond acceptors (Lipinski definition) is 3. The number of likely N-dealkylation sites (tertiary alicyclic amines) is 1. The van der Waals surface area contributed by atoms with Crippen LogP contribution in [0.5, 0.6) is 0 Å². The molecule has 2 aromatic carbocycles. The average molecular weight is 482 g/mol. The van der Waals surface area contributed by atoms with E-state index in [0.29, 0.717) is 24.0 Å². The van der Waals surface area contributed by atoms with Crippen molar-refractivity contribution in [2.45, 2.75) is 55.9 Å². The Morgan fingerprint density at radius 3 is 2.15 bits per heavy atom. The highest BCUT2D eigenvalue weighted by atomic mass is 19.4. The number of halogens is 5. The first kappa shape index (κ1) is 24.1. The standard InChI is InChI=1S/C24H23F5N2O3/c25-23(26)11-12-31(14-15-1-5-18(6-2-15)24(27,28)29)19(13-23)20(32)30-22(9-10-22)17-7-3-16(4-8-17)21(33)34/h1-8,19H,9-14H2,(H,30,32)(H,33,34)/t19-/m1/s1. The molecule has 0 radical (unpaired) electrons. The Bertz CT molecular complexity index is 1060. The highest BCUT2D eigenvalue weighted by Crippen LogP contribution is 2.46. The molecular weight excluding hydrogens is 459 g/mol. The SMILES string of the molecule is O=C(O)c1ccc(C2(NC(=O)[C@H]3CC(F)(F)CCN3Cc3ccc(C(F)(F)F)cc3)CC2)cc1. The molecule has 1 saturated carbocycles. The van der Waals surface area contributed by atoms with Crippen LogP contribution < -0.4 is 5.32 Å². The van der Waals surface area contributed by atoms with Gasteiger partial charge in [-0.3, -0.25) is 9.69 Å². The van der Waals surface area contributed by atoms with E-state index < -0.39 is 54.0 Å². The summed E-state index contributed by atoms with van der Waals surface area (Å²) in [6, 6.07) is 9.35. The smallest absolute Gasteiger partial charge is 0.416 e. The van der Waals surface area contributed by atoms with Gasteiger partial charge in [-0.2, -0.15) is 13.2 Å². The number of hydrogen-bond donors (Lipinski definition) is 2. The van der Waals surface area contributed by atoms with Crippen LogP contribution in [0.15, 0.2) is 48.5 Å². The average Bonchev–Trinajstić information content (AvgIpc) is 3.55. The van der Waals surface area contributed by atoms with Gasteiger partial charge in [0.15, 0.2) is 0 Å². The van der Waals surface area contributed by atoms with Crippen LogP contribution in [-0.4, -0.2) is 40.4 Å². The third-order valence-electron chi connectivity index (χ3n) is 6.46. The van der Waals surface area contributed by atoms with E-state index in [-0.39, 0.29) is 18.7 Å². The van der Waals surface area contributed by atoms with Crippen molar-refractivity contribution in [3.63, 3.8) is 0 Å². The number of benzene rings is 2. The second kappa shape index (κ2) is 8.65. The zero-order valence-electron chi connectivity index (χ0n) is 18.0. The summed E-state index contributed by atoms with van der Waals surface area (Å²) in [6.45, 7) is -0.0149. The number of aromatic carboxylic acids is 1. The van der Waals surface area contributed by atoms with E-state index >= 15 is 0 Å². The monoisotopic (exact) mass is 482 g/mol. The normalized spacial score (nSPS) is 21.6. The summed E-state index contributed by atoms with van der Waals surface area (Å²) in [4.78, 5) is 25.8. The Kier molecular flexibility index (Phi) is 6.14. The topological polar surface area (TPSA) is 69.6 Å². The molecule has 1 amide bonds. The number of nitrogens with one attached hydrogen (secondary N) is 1. The number of carbonyl (C=O) groups excluding carboxylic acids is 1. The van der Waals surface area contributed by atoms with Crippen molar-refractivity contribution in [2.24, 2.45) is 0 Å². The van der Waals surface area contributed by atoms with Crippen molar-refractivity contribution in [2.75, 3.05) is 6.54 Å². The molecule has 1 saturated heterocycles. The van der Waals surface area contributed by atoms with Crippen LogP contribution in [0.3, 0.4) is 0 Å². The Hall–Kier alpha value is -3.01. The van der Waals surface area contributed by atoms with Gasteiger partial charge in [0, 0.05) is 25.9 Å². The fourth-order valence-electron chi connectivity index (χ4n) is 4.32. The van der Waals surface area contributed by atoms with Gasteiger partial charge in [-0.15, -0.1) is 0 Å². The summed E-state index contributed by atoms with van der Waals surface area (Å²) >= 11 is 0. The summed E-state index contributed by atoms with van der Waals surface area (Å²) in [5.74, 6) is -4.69. The van der Waals surface area contributed by atoms with Crippen molar-refractivity contribution in [1.82, 2.24) is 10.2 Å². The quantitative estimate of drug-likeness (QED) is 0.580. The minimum absolute atomic E-state index is 0.0621. The number of nitrogens with zero attached hydrogens (tertiary/aromatic N) is 1. The Labute approximate surface area is 192 Å². The Morgan fingerprint density at radius 2 is 1.62 bits per heavy atom. The summed E-state index contributed by atoms with van der Waals surface area (Å²) in [5, 5.41) is 11.9. The first-order valence-corrected chi connectivity index (χ1v) is 10.8. The van der Waals surface area contributed by atoms with E-state index in [9.17, 15) is 31.5 Å². The lowest BCUT2D eigenvalue weighted by Gasteiger charge is -2.39. The van der Waals surface area contributed by atoms with Gasteiger partial charge >= 0.3 is 12.1 Å². The fraction of sp³-hybridized carbons (Fsp3) is 0.417. The van der Waals surface area contributed by atoms with Crippen LogP contribution in [-0.2, 0) is 23.1 Å². The lowest BCUT2D eigenvalue weighted by molar-refractivity contribution is -0.139. The molecule has 5 nitrogen and oxygen atoms in total. The number of piperidine rings is 1. The van der Waals surface area contributed by atoms with Crippen molar-refractivity contribution in [3.05, 3.63) is 70.8 Å². The number of rotatable bonds is 6. The maximum atomic E-state index is 14.2. The molecule has 0 aromatic heterocycles. The molecule has 34 heavy (non-hydrogen) atoms. The second-order valence-electron chi connectivity index (χ2n) is 8.94. The van der Waals surface area contributed by atoms with Gasteiger partial charge in [0.1, 0.15) is 0 Å². The third-order valence-corrected chi connectivity index (χ3v) is 6.46. The lowest BCUT2D eigenvalue weighted by Crippen LogP contribution is -2.55. The van der Waals surface area contributed by atoms with E-state index in [4.69, 9.17) is 5.11 Å². The molecule has 1 aliphatic heterocycles. The number of carbonyl (C=O) groups is 2. The van der Waals surface area contributed by atoms with Crippen molar-refractivity contribution >= 4 is 11.9 Å². The molecule has 2 N–H and O–H groups in total. The summed E-state index contributed by atoms with van der Waals surface area (Å²) in [5.41, 5.74) is -0.258. The third kappa shape index (κ3) is 5.22. The Morgan fingerprint density at radius 1 is 1.00 bits per heavy atom. The number of carboxylic acids is 1. The molecule has 0 spiro atoms. The molecule has 10 heteroatoms. The van der Waals surface area contributed by atoms with Gasteiger partial charge in [-0.25, -0.2) is 13.6 Å². The van der Waals surface area contributed by atoms with Gasteiger partial charge in [0.25, 0.3) is 5.92 Å². The lowest BCUT2D eigenvalue weighted by atomic mass is 9.95. The molecule has 0 bridgehead atoms. The van der Waals surface area contributed by atoms with Crippen molar-refractivity contribution in [1.29, 1.82) is 0 Å². The summed E-state index contributed by atoms with van der Waals surface area (Å²) in [7, 11) is 0. The first-order chi connectivity index (χ1) is 15.9. The maximum Gasteiger partial charge on any atom is 0.416 e. The number of carboxylic acid groups (broad SMARTS) is 1. The van der Waals surface area contributed by atoms with E-state index in [1.165, 1.54) is 24.3 Å². The predicted molar refractivity (Wildman–Crippen MR) is 112 cm³/mol. The van der Waals surface area contributed by atoms with E-state index in [1.54, 1.807) is 17.0 Å². The second-order valence-corrected chi connectivity index (χ2v) is 8.94. The number of alkyl halides is 5. The van der Waals surface area contributed by atoms with Crippen LogP contribution >= 0.6 is 0 Å². The van der Waals surface area contributed by atoms with Gasteiger partial charge < -0.3 is 10.4 Å². The summed E-state index contributed by atoms with van der Waals surface area (Å²) in [6.07, 6.45) is -4.43. The van der Waals surface area contributed by atoms with Crippen LogP contribution in [0.2, 0.25) is 0 Å². The summed E-state index contributed by atoms with van der Waals surface area (Å²) < 4.78 is 66.9. The van der Waals surface area contributed by atoms with Crippen molar-refractivity contribution < 1.29 is 36.6 Å². The molecule has 2 fully saturated rings. The van der Waals surface area contributed by atoms with Crippen LogP contribution in [0.25, 0.3) is 0 Å². The van der Waals surface area contributed by atoms with Crippen molar-refractivity contribution in [3.8, 4) is 0 Å². The molecule has 1 atom stereocenters. The minimum Gasteiger partial charge on any atom is -0.478 e. The highest BCUT2D eigenvalue weighted by Gasteiger charge is 2.49. The number of amides is 1. The van der Waals surface area contributed by atoms with Gasteiger partial charge in [0.05, 0.1) is 22.7 Å². The predicted octanol–water partition coefficient (Wildman–Crippen LogP) is 4.81.